The molecule has 2 aromatic rings. The minimum Gasteiger partial charge on any atom is -0.446 e. The van der Waals surface area contributed by atoms with Gasteiger partial charge in [-0.25, -0.2) is 9.18 Å². The van der Waals surface area contributed by atoms with Gasteiger partial charge in [0.2, 0.25) is 5.78 Å². The first-order chi connectivity index (χ1) is 12.7. The standard InChI is InChI=1S/C18H18BrFN2O4S/c1-9(2)26-18(25)22-17(24)12(8-27-22)16(23)11-6-14(20)13(19)7-15(11)21(3)10-4-5-10/h6-10H,4-5H2,1-3H3. The van der Waals surface area contributed by atoms with Gasteiger partial charge in [-0.15, -0.1) is 0 Å². The van der Waals surface area contributed by atoms with Crippen LogP contribution in [0.25, 0.3) is 0 Å². The van der Waals surface area contributed by atoms with E-state index in [1.807, 2.05) is 11.9 Å². The van der Waals surface area contributed by atoms with Crippen molar-refractivity contribution in [2.24, 2.45) is 0 Å². The second kappa shape index (κ2) is 7.55. The Labute approximate surface area is 167 Å². The highest BCUT2D eigenvalue weighted by molar-refractivity contribution is 9.10. The maximum absolute atomic E-state index is 14.1. The van der Waals surface area contributed by atoms with Gasteiger partial charge in [0.25, 0.3) is 5.56 Å². The van der Waals surface area contributed by atoms with Crippen molar-refractivity contribution >= 4 is 45.0 Å². The number of carbonyl (C=O) groups is 2. The number of rotatable bonds is 5. The van der Waals surface area contributed by atoms with Crippen LogP contribution in [0.5, 0.6) is 0 Å². The number of hydrogen-bond donors (Lipinski definition) is 0. The summed E-state index contributed by atoms with van der Waals surface area (Å²) < 4.78 is 20.1. The van der Waals surface area contributed by atoms with Crippen LogP contribution in [0.15, 0.2) is 26.8 Å². The minimum atomic E-state index is -0.837. The number of hydrogen-bond acceptors (Lipinski definition) is 6. The molecule has 6 nitrogen and oxygen atoms in total. The highest BCUT2D eigenvalue weighted by Gasteiger charge is 2.31. The molecule has 0 aliphatic heterocycles. The van der Waals surface area contributed by atoms with Gasteiger partial charge in [-0.05, 0) is 54.8 Å². The molecule has 3 rings (SSSR count). The number of benzene rings is 1. The van der Waals surface area contributed by atoms with E-state index in [9.17, 15) is 18.8 Å². The van der Waals surface area contributed by atoms with Gasteiger partial charge in [-0.1, -0.05) is 11.5 Å². The molecule has 0 amide bonds. The van der Waals surface area contributed by atoms with Crippen molar-refractivity contribution < 1.29 is 18.7 Å². The SMILES string of the molecule is CC(C)OC(=O)n1scc(C(=O)c2cc(F)c(Br)cc2N(C)C2CC2)c1=O. The van der Waals surface area contributed by atoms with Crippen molar-refractivity contribution in [2.45, 2.75) is 38.8 Å². The lowest BCUT2D eigenvalue weighted by molar-refractivity contribution is 0.103. The summed E-state index contributed by atoms with van der Waals surface area (Å²) in [6.07, 6.45) is 0.748. The number of ether oxygens (including phenoxy) is 1. The van der Waals surface area contributed by atoms with Gasteiger partial charge in [-0.3, -0.25) is 9.59 Å². The van der Waals surface area contributed by atoms with Gasteiger partial charge in [0.1, 0.15) is 11.4 Å². The lowest BCUT2D eigenvalue weighted by Crippen LogP contribution is -2.29. The van der Waals surface area contributed by atoms with Crippen LogP contribution in [0.3, 0.4) is 0 Å². The molecule has 0 saturated heterocycles. The number of aromatic nitrogens is 1. The zero-order chi connectivity index (χ0) is 19.9. The fraction of sp³-hybridized carbons (Fsp3) is 0.389. The van der Waals surface area contributed by atoms with Crippen LogP contribution in [-0.4, -0.2) is 35.0 Å². The second-order valence-electron chi connectivity index (χ2n) is 6.62. The van der Waals surface area contributed by atoms with Gasteiger partial charge >= 0.3 is 6.09 Å². The highest BCUT2D eigenvalue weighted by Crippen LogP contribution is 2.35. The Bertz CT molecular complexity index is 965. The Morgan fingerprint density at radius 3 is 2.59 bits per heavy atom. The van der Waals surface area contributed by atoms with Gasteiger partial charge in [0, 0.05) is 29.7 Å². The van der Waals surface area contributed by atoms with Gasteiger partial charge in [0.05, 0.1) is 10.6 Å². The summed E-state index contributed by atoms with van der Waals surface area (Å²) in [6, 6.07) is 2.95. The number of nitrogens with zero attached hydrogens (tertiary/aromatic N) is 2. The van der Waals surface area contributed by atoms with Gasteiger partial charge in [0.15, 0.2) is 0 Å². The molecule has 1 fully saturated rings. The van der Waals surface area contributed by atoms with Crippen LogP contribution in [0.4, 0.5) is 14.9 Å². The van der Waals surface area contributed by atoms with E-state index in [-0.39, 0.29) is 21.6 Å². The lowest BCUT2D eigenvalue weighted by Gasteiger charge is -2.22. The summed E-state index contributed by atoms with van der Waals surface area (Å²) in [4.78, 5) is 39.4. The maximum Gasteiger partial charge on any atom is 0.431 e. The third-order valence-electron chi connectivity index (χ3n) is 4.20. The molecule has 0 N–H and O–H groups in total. The first-order valence-corrected chi connectivity index (χ1v) is 10.0. The molecular formula is C18H18BrFN2O4S. The first-order valence-electron chi connectivity index (χ1n) is 8.39. The molecule has 9 heteroatoms. The zero-order valence-corrected chi connectivity index (χ0v) is 17.4. The van der Waals surface area contributed by atoms with Crippen molar-refractivity contribution in [1.82, 2.24) is 3.96 Å². The van der Waals surface area contributed by atoms with Gasteiger partial charge in [-0.2, -0.15) is 3.96 Å². The van der Waals surface area contributed by atoms with E-state index in [0.717, 1.165) is 34.4 Å². The fourth-order valence-electron chi connectivity index (χ4n) is 2.65. The molecule has 0 unspecified atom stereocenters. The molecule has 1 aromatic carbocycles. The molecule has 0 radical (unpaired) electrons. The molecular weight excluding hydrogens is 439 g/mol. The molecule has 1 heterocycles. The number of carbonyl (C=O) groups excluding carboxylic acids is 2. The van der Waals surface area contributed by atoms with Crippen molar-refractivity contribution in [1.29, 1.82) is 0 Å². The second-order valence-corrected chi connectivity index (χ2v) is 8.29. The van der Waals surface area contributed by atoms with Crippen LogP contribution in [0.2, 0.25) is 0 Å². The lowest BCUT2D eigenvalue weighted by atomic mass is 10.0. The van der Waals surface area contributed by atoms with Crippen molar-refractivity contribution in [2.75, 3.05) is 11.9 Å². The van der Waals surface area contributed by atoms with E-state index >= 15 is 0 Å². The number of ketones is 1. The molecule has 1 aliphatic rings. The van der Waals surface area contributed by atoms with E-state index in [2.05, 4.69) is 15.9 Å². The third kappa shape index (κ3) is 3.98. The Balaban J connectivity index is 2.02. The van der Waals surface area contributed by atoms with Crippen LogP contribution in [0, 0.1) is 5.82 Å². The summed E-state index contributed by atoms with van der Waals surface area (Å²) in [5.41, 5.74) is -0.325. The highest BCUT2D eigenvalue weighted by atomic mass is 79.9. The van der Waals surface area contributed by atoms with Crippen LogP contribution < -0.4 is 10.5 Å². The minimum absolute atomic E-state index is 0.0874. The smallest absolute Gasteiger partial charge is 0.431 e. The fourth-order valence-corrected chi connectivity index (χ4v) is 3.73. The van der Waals surface area contributed by atoms with E-state index in [4.69, 9.17) is 4.74 Å². The van der Waals surface area contributed by atoms with Crippen molar-refractivity contribution in [3.05, 3.63) is 49.3 Å². The summed E-state index contributed by atoms with van der Waals surface area (Å²) >= 11 is 3.93. The molecule has 0 atom stereocenters. The predicted octanol–water partition coefficient (Wildman–Crippen LogP) is 4.03. The predicted molar refractivity (Wildman–Crippen MR) is 105 cm³/mol. The average molecular weight is 457 g/mol. The normalized spacial score (nSPS) is 13.7. The van der Waals surface area contributed by atoms with Crippen molar-refractivity contribution in [3.8, 4) is 0 Å². The average Bonchev–Trinajstić information content (AvgIpc) is 3.37. The molecule has 27 heavy (non-hydrogen) atoms. The van der Waals surface area contributed by atoms with Gasteiger partial charge < -0.3 is 9.64 Å². The first kappa shape index (κ1) is 19.8. The summed E-state index contributed by atoms with van der Waals surface area (Å²) in [6.45, 7) is 3.32. The molecule has 0 bridgehead atoms. The third-order valence-corrected chi connectivity index (χ3v) is 5.67. The molecule has 1 saturated carbocycles. The maximum atomic E-state index is 14.1. The largest absolute Gasteiger partial charge is 0.446 e. The number of halogens is 2. The summed E-state index contributed by atoms with van der Waals surface area (Å²) in [5, 5.41) is 1.30. The van der Waals surface area contributed by atoms with E-state index < -0.39 is 29.4 Å². The zero-order valence-electron chi connectivity index (χ0n) is 15.0. The Morgan fingerprint density at radius 1 is 1.33 bits per heavy atom. The Morgan fingerprint density at radius 2 is 2.00 bits per heavy atom. The van der Waals surface area contributed by atoms with Crippen molar-refractivity contribution in [3.63, 3.8) is 0 Å². The monoisotopic (exact) mass is 456 g/mol. The molecule has 1 aliphatic carbocycles. The van der Waals surface area contributed by atoms with Crippen LogP contribution in [0.1, 0.15) is 42.6 Å². The van der Waals surface area contributed by atoms with E-state index in [1.54, 1.807) is 19.9 Å². The molecule has 0 spiro atoms. The molecule has 144 valence electrons. The van der Waals surface area contributed by atoms with Crippen LogP contribution >= 0.6 is 27.5 Å². The topological polar surface area (TPSA) is 68.6 Å². The molecule has 1 aromatic heterocycles. The quantitative estimate of drug-likeness (QED) is 0.635. The summed E-state index contributed by atoms with van der Waals surface area (Å²) in [7, 11) is 1.83. The van der Waals surface area contributed by atoms with Crippen LogP contribution in [-0.2, 0) is 4.74 Å². The number of anilines is 1. The van der Waals surface area contributed by atoms with E-state index in [1.165, 1.54) is 5.38 Å². The Kier molecular flexibility index (Phi) is 5.53. The Hall–Kier alpha value is -2.00. The summed E-state index contributed by atoms with van der Waals surface area (Å²) in [5.74, 6) is -1.22. The van der Waals surface area contributed by atoms with E-state index in [0.29, 0.717) is 5.69 Å².